The summed E-state index contributed by atoms with van der Waals surface area (Å²) in [6.45, 7) is 24.5. The van der Waals surface area contributed by atoms with Crippen molar-refractivity contribution in [1.29, 1.82) is 0 Å². The standard InChI is InChI=1S/C87H65NO3/c1-83(2)61-42-47(36-39-52(61)68-64(83)45-58(46-24-12-11-13-25-46)80-71(68)55-28-16-21-33-65(55)89-80)88(48-37-40-53-62(43-48)86(7,8)77-70(53)73-57-30-18-23-35-67(57)90-81(73)74-51-27-15-20-32-60(51)85(5,6)78(74)77)49-38-41-54-63(44-49)87(9,10)79-75(54)82-72(56-29-17-22-34-66(56)91-82)69-50-26-14-19-31-59(50)84(3,4)76(69)79/h11-45H,1-10H3. The number of hydrogen-bond donors (Lipinski definition) is 0. The van der Waals surface area contributed by atoms with Crippen molar-refractivity contribution in [2.24, 2.45) is 0 Å². The highest BCUT2D eigenvalue weighted by molar-refractivity contribution is 6.23. The van der Waals surface area contributed by atoms with Gasteiger partial charge in [-0.1, -0.05) is 221 Å². The summed E-state index contributed by atoms with van der Waals surface area (Å²) in [7, 11) is 0. The predicted octanol–water partition coefficient (Wildman–Crippen LogP) is 24.1. The van der Waals surface area contributed by atoms with Gasteiger partial charge in [0.05, 0.1) is 0 Å². The Bertz CT molecular complexity index is 5870. The molecule has 5 aliphatic rings. The molecule has 0 radical (unpaired) electrons. The van der Waals surface area contributed by atoms with Crippen LogP contribution in [0.2, 0.25) is 0 Å². The van der Waals surface area contributed by atoms with Crippen LogP contribution in [0.5, 0.6) is 0 Å². The zero-order chi connectivity index (χ0) is 61.3. The van der Waals surface area contributed by atoms with Gasteiger partial charge in [0.15, 0.2) is 0 Å². The minimum absolute atomic E-state index is 0.261. The first-order chi connectivity index (χ1) is 44.0. The SMILES string of the molecule is CC1(C)c2cc(N(c3ccc4c(c3)C(C)(C)c3c5c(c6c(oc7ccccc76)c3-4)-c3ccccc3C5(C)C)c3ccc4c(c3)C(C)(C)c3c5c(c6oc7ccccc7c6c3-4)-c3ccccc3C5(C)C)ccc2-c2c1cc(-c1ccccc1)c1oc3ccccc3c21. The fourth-order valence-electron chi connectivity index (χ4n) is 18.8. The van der Waals surface area contributed by atoms with Crippen LogP contribution in [0.1, 0.15) is 125 Å². The lowest BCUT2D eigenvalue weighted by molar-refractivity contribution is 0.600. The van der Waals surface area contributed by atoms with Gasteiger partial charge < -0.3 is 18.2 Å². The molecule has 0 fully saturated rings. The van der Waals surface area contributed by atoms with Crippen molar-refractivity contribution < 1.29 is 13.3 Å². The van der Waals surface area contributed by atoms with Crippen molar-refractivity contribution in [3.8, 4) is 66.8 Å². The molecule has 4 heteroatoms. The average Bonchev–Trinajstić information content (AvgIpc) is 1.52. The minimum Gasteiger partial charge on any atom is -0.455 e. The monoisotopic (exact) mass is 1170 g/mol. The molecule has 0 saturated heterocycles. The molecule has 0 N–H and O–H groups in total. The highest BCUT2D eigenvalue weighted by Gasteiger charge is 2.51. The van der Waals surface area contributed by atoms with E-state index >= 15 is 0 Å². The highest BCUT2D eigenvalue weighted by Crippen LogP contribution is 2.67. The number of furan rings is 3. The van der Waals surface area contributed by atoms with Crippen molar-refractivity contribution in [2.75, 3.05) is 4.90 Å². The number of nitrogens with zero attached hydrogens (tertiary/aromatic N) is 1. The summed E-state index contributed by atoms with van der Waals surface area (Å²) in [5, 5.41) is 7.07. The summed E-state index contributed by atoms with van der Waals surface area (Å²) in [4.78, 5) is 2.57. The molecule has 3 aromatic heterocycles. The van der Waals surface area contributed by atoms with Crippen molar-refractivity contribution in [3.63, 3.8) is 0 Å². The Hall–Kier alpha value is -10.2. The lowest BCUT2D eigenvalue weighted by atomic mass is 9.72. The molecule has 0 saturated carbocycles. The zero-order valence-electron chi connectivity index (χ0n) is 52.9. The molecule has 12 aromatic carbocycles. The largest absolute Gasteiger partial charge is 0.455 e. The first-order valence-electron chi connectivity index (χ1n) is 32.5. The van der Waals surface area contributed by atoms with E-state index in [1.165, 1.54) is 133 Å². The molecule has 3 heterocycles. The average molecular weight is 1170 g/mol. The van der Waals surface area contributed by atoms with Gasteiger partial charge in [-0.3, -0.25) is 0 Å². The fraction of sp³-hybridized carbons (Fsp3) is 0.172. The van der Waals surface area contributed by atoms with Crippen molar-refractivity contribution in [1.82, 2.24) is 0 Å². The Labute approximate surface area is 529 Å². The maximum absolute atomic E-state index is 7.21. The van der Waals surface area contributed by atoms with Crippen LogP contribution in [0.3, 0.4) is 0 Å². The van der Waals surface area contributed by atoms with Gasteiger partial charge in [-0.25, -0.2) is 0 Å². The van der Waals surface area contributed by atoms with Crippen LogP contribution >= 0.6 is 0 Å². The second kappa shape index (κ2) is 16.8. The molecular weight excluding hydrogens is 1110 g/mol. The predicted molar refractivity (Wildman–Crippen MR) is 376 cm³/mol. The van der Waals surface area contributed by atoms with E-state index in [9.17, 15) is 0 Å². The van der Waals surface area contributed by atoms with Gasteiger partial charge in [-0.2, -0.15) is 0 Å². The Morgan fingerprint density at radius 1 is 0.253 bits per heavy atom. The topological polar surface area (TPSA) is 42.7 Å². The zero-order valence-corrected chi connectivity index (χ0v) is 52.9. The van der Waals surface area contributed by atoms with Crippen molar-refractivity contribution >= 4 is 82.9 Å². The lowest BCUT2D eigenvalue weighted by Crippen LogP contribution is -2.24. The summed E-state index contributed by atoms with van der Waals surface area (Å²) in [6, 6.07) is 79.4. The molecule has 5 aliphatic carbocycles. The lowest BCUT2D eigenvalue weighted by Gasteiger charge is -2.33. The molecule has 15 aromatic rings. The first kappa shape index (κ1) is 51.7. The maximum Gasteiger partial charge on any atom is 0.144 e. The number of hydrogen-bond acceptors (Lipinski definition) is 4. The summed E-state index contributed by atoms with van der Waals surface area (Å²) in [6.07, 6.45) is 0. The van der Waals surface area contributed by atoms with Gasteiger partial charge in [0.2, 0.25) is 0 Å². The van der Waals surface area contributed by atoms with Gasteiger partial charge in [-0.15, -0.1) is 0 Å². The van der Waals surface area contributed by atoms with Crippen LogP contribution in [0, 0.1) is 0 Å². The summed E-state index contributed by atoms with van der Waals surface area (Å²) in [5.74, 6) is 0. The van der Waals surface area contributed by atoms with E-state index in [-0.39, 0.29) is 16.2 Å². The first-order valence-corrected chi connectivity index (χ1v) is 32.5. The normalized spacial score (nSPS) is 16.5. The Morgan fingerprint density at radius 3 is 1.08 bits per heavy atom. The number of rotatable bonds is 4. The van der Waals surface area contributed by atoms with Crippen molar-refractivity contribution in [2.45, 2.75) is 96.3 Å². The second-order valence-electron chi connectivity index (χ2n) is 29.4. The van der Waals surface area contributed by atoms with Gasteiger partial charge in [0.1, 0.15) is 33.5 Å². The summed E-state index contributed by atoms with van der Waals surface area (Å²) >= 11 is 0. The smallest absolute Gasteiger partial charge is 0.144 e. The second-order valence-corrected chi connectivity index (χ2v) is 29.4. The molecular formula is C87H65NO3. The van der Waals surface area contributed by atoms with E-state index in [1.54, 1.807) is 0 Å². The van der Waals surface area contributed by atoms with Crippen LogP contribution < -0.4 is 4.90 Å². The summed E-state index contributed by atoms with van der Waals surface area (Å²) < 4.78 is 21.3. The molecule has 0 unspecified atom stereocenters. The van der Waals surface area contributed by atoms with E-state index in [2.05, 4.69) is 286 Å². The van der Waals surface area contributed by atoms with Crippen LogP contribution in [-0.2, 0) is 27.1 Å². The van der Waals surface area contributed by atoms with Crippen LogP contribution in [0.15, 0.2) is 226 Å². The molecule has 436 valence electrons. The van der Waals surface area contributed by atoms with Gasteiger partial charge in [0.25, 0.3) is 0 Å². The number of anilines is 3. The fourth-order valence-corrected chi connectivity index (χ4v) is 18.8. The molecule has 91 heavy (non-hydrogen) atoms. The molecule has 0 spiro atoms. The van der Waals surface area contributed by atoms with Crippen LogP contribution in [0.4, 0.5) is 17.1 Å². The molecule has 4 nitrogen and oxygen atoms in total. The molecule has 0 aliphatic heterocycles. The number of para-hydroxylation sites is 3. The van der Waals surface area contributed by atoms with E-state index in [0.29, 0.717) is 0 Å². The van der Waals surface area contributed by atoms with E-state index in [1.807, 2.05) is 0 Å². The van der Waals surface area contributed by atoms with Gasteiger partial charge >= 0.3 is 0 Å². The number of benzene rings is 12. The summed E-state index contributed by atoms with van der Waals surface area (Å²) in [5.41, 5.74) is 35.7. The maximum atomic E-state index is 7.21. The van der Waals surface area contributed by atoms with Crippen LogP contribution in [0.25, 0.3) is 133 Å². The third kappa shape index (κ3) is 6.18. The van der Waals surface area contributed by atoms with Crippen LogP contribution in [-0.4, -0.2) is 0 Å². The Morgan fingerprint density at radius 2 is 0.593 bits per heavy atom. The third-order valence-electron chi connectivity index (χ3n) is 22.9. The Balaban J connectivity index is 0.838. The highest BCUT2D eigenvalue weighted by atomic mass is 16.3. The van der Waals surface area contributed by atoms with Gasteiger partial charge in [-0.05, 0) is 166 Å². The molecule has 0 bridgehead atoms. The number of fused-ring (bicyclic) bond motifs is 31. The van der Waals surface area contributed by atoms with E-state index < -0.39 is 10.8 Å². The van der Waals surface area contributed by atoms with Crippen molar-refractivity contribution in [3.05, 3.63) is 268 Å². The molecule has 0 atom stereocenters. The third-order valence-corrected chi connectivity index (χ3v) is 22.9. The van der Waals surface area contributed by atoms with E-state index in [0.717, 1.165) is 72.5 Å². The quantitative estimate of drug-likeness (QED) is 0.176. The minimum atomic E-state index is -0.412. The Kier molecular flexibility index (Phi) is 9.55. The molecule has 20 rings (SSSR count). The molecule has 0 amide bonds. The van der Waals surface area contributed by atoms with Gasteiger partial charge in [0, 0.05) is 93.1 Å². The van der Waals surface area contributed by atoms with E-state index in [4.69, 9.17) is 13.3 Å².